The second-order valence-electron chi connectivity index (χ2n) is 3.86. The summed E-state index contributed by atoms with van der Waals surface area (Å²) < 4.78 is 5.11. The molecular weight excluding hydrogens is 238 g/mol. The van der Waals surface area contributed by atoms with Gasteiger partial charge in [0, 0.05) is 12.7 Å². The normalized spacial score (nSPS) is 19.6. The summed E-state index contributed by atoms with van der Waals surface area (Å²) in [7, 11) is 0. The van der Waals surface area contributed by atoms with E-state index in [1.54, 1.807) is 0 Å². The Hall–Kier alpha value is -2.15. The Morgan fingerprint density at radius 3 is 3.00 bits per heavy atom. The van der Waals surface area contributed by atoms with E-state index in [1.807, 2.05) is 0 Å². The van der Waals surface area contributed by atoms with Gasteiger partial charge in [0.25, 0.3) is 5.91 Å². The molecule has 1 aromatic heterocycles. The van der Waals surface area contributed by atoms with Gasteiger partial charge >= 0.3 is 0 Å². The number of nitrogens with two attached hydrogens (primary N) is 1. The summed E-state index contributed by atoms with van der Waals surface area (Å²) in [6, 6.07) is 2.05. The van der Waals surface area contributed by atoms with Crippen molar-refractivity contribution in [2.45, 2.75) is 6.04 Å². The minimum atomic E-state index is -0.826. The van der Waals surface area contributed by atoms with Gasteiger partial charge in [-0.05, 0) is 12.1 Å². The molecule has 0 aromatic carbocycles. The summed E-state index contributed by atoms with van der Waals surface area (Å²) in [5.41, 5.74) is 5.12. The number of hydrogen-bond acceptors (Lipinski definition) is 5. The fraction of sp³-hybridized carbons (Fsp3) is 0.364. The molecule has 2 rings (SSSR count). The van der Waals surface area contributed by atoms with Crippen LogP contribution in [0.1, 0.15) is 10.5 Å². The molecule has 2 heterocycles. The van der Waals surface area contributed by atoms with Crippen molar-refractivity contribution in [2.24, 2.45) is 5.73 Å². The van der Waals surface area contributed by atoms with E-state index in [1.165, 1.54) is 23.2 Å². The van der Waals surface area contributed by atoms with Gasteiger partial charge in [0.05, 0.1) is 13.2 Å². The number of carbonyl (C=O) groups excluding carboxylic acids is 2. The molecule has 1 saturated heterocycles. The molecule has 18 heavy (non-hydrogen) atoms. The maximum atomic E-state index is 12.2. The van der Waals surface area contributed by atoms with Crippen LogP contribution in [0, 0.1) is 0 Å². The maximum absolute atomic E-state index is 12.2. The highest BCUT2D eigenvalue weighted by Gasteiger charge is 2.33. The highest BCUT2D eigenvalue weighted by molar-refractivity contribution is 5.97. The molecule has 0 spiro atoms. The number of nitrogens with zero attached hydrogens (tertiary/aromatic N) is 2. The molecule has 1 unspecified atom stereocenters. The van der Waals surface area contributed by atoms with Crippen LogP contribution in [0.4, 0.5) is 0 Å². The van der Waals surface area contributed by atoms with E-state index in [2.05, 4.69) is 4.98 Å². The highest BCUT2D eigenvalue weighted by Crippen LogP contribution is 2.18. The van der Waals surface area contributed by atoms with Crippen LogP contribution in [0.15, 0.2) is 18.3 Å². The Bertz CT molecular complexity index is 477. The number of aromatic hydroxyl groups is 1. The van der Waals surface area contributed by atoms with Crippen molar-refractivity contribution in [1.29, 1.82) is 0 Å². The zero-order chi connectivity index (χ0) is 13.1. The molecule has 1 atom stereocenters. The third kappa shape index (κ3) is 2.25. The first kappa shape index (κ1) is 12.3. The summed E-state index contributed by atoms with van der Waals surface area (Å²) in [4.78, 5) is 28.5. The molecule has 3 N–H and O–H groups in total. The predicted molar refractivity (Wildman–Crippen MR) is 60.7 cm³/mol. The Labute approximate surface area is 103 Å². The van der Waals surface area contributed by atoms with Crippen LogP contribution in [0.3, 0.4) is 0 Å². The van der Waals surface area contributed by atoms with E-state index in [0.29, 0.717) is 6.61 Å². The zero-order valence-electron chi connectivity index (χ0n) is 9.57. The van der Waals surface area contributed by atoms with Crippen molar-refractivity contribution in [1.82, 2.24) is 9.88 Å². The van der Waals surface area contributed by atoms with Crippen molar-refractivity contribution in [3.63, 3.8) is 0 Å². The van der Waals surface area contributed by atoms with Crippen molar-refractivity contribution >= 4 is 11.8 Å². The molecule has 96 valence electrons. The summed E-state index contributed by atoms with van der Waals surface area (Å²) in [5, 5.41) is 9.58. The molecule has 1 fully saturated rings. The molecule has 0 aliphatic carbocycles. The number of primary amides is 1. The minimum absolute atomic E-state index is 0.0642. The third-order valence-electron chi connectivity index (χ3n) is 2.71. The smallest absolute Gasteiger partial charge is 0.277 e. The van der Waals surface area contributed by atoms with E-state index in [4.69, 9.17) is 10.5 Å². The molecule has 2 amide bonds. The lowest BCUT2D eigenvalue weighted by molar-refractivity contribution is -0.127. The van der Waals surface area contributed by atoms with Crippen LogP contribution < -0.4 is 5.73 Å². The van der Waals surface area contributed by atoms with Gasteiger partial charge in [0.2, 0.25) is 5.91 Å². The molecule has 1 aromatic rings. The van der Waals surface area contributed by atoms with Crippen LogP contribution in [0.25, 0.3) is 0 Å². The zero-order valence-corrected chi connectivity index (χ0v) is 9.57. The maximum Gasteiger partial charge on any atom is 0.277 e. The van der Waals surface area contributed by atoms with Crippen LogP contribution in [0.5, 0.6) is 5.75 Å². The number of aromatic nitrogens is 1. The van der Waals surface area contributed by atoms with Gasteiger partial charge in [0.15, 0.2) is 5.69 Å². The fourth-order valence-electron chi connectivity index (χ4n) is 1.78. The quantitative estimate of drug-likeness (QED) is 0.709. The summed E-state index contributed by atoms with van der Waals surface area (Å²) in [5.74, 6) is -1.39. The van der Waals surface area contributed by atoms with Crippen molar-refractivity contribution < 1.29 is 19.4 Å². The summed E-state index contributed by atoms with van der Waals surface area (Å²) in [6.45, 7) is 0.625. The van der Waals surface area contributed by atoms with Crippen molar-refractivity contribution in [2.75, 3.05) is 19.8 Å². The molecule has 1 aliphatic rings. The molecule has 0 radical (unpaired) electrons. The van der Waals surface area contributed by atoms with E-state index >= 15 is 0 Å². The van der Waals surface area contributed by atoms with Crippen LogP contribution in [-0.4, -0.2) is 52.6 Å². The Kier molecular flexibility index (Phi) is 3.42. The second kappa shape index (κ2) is 5.01. The molecule has 7 heteroatoms. The first-order valence-corrected chi connectivity index (χ1v) is 5.43. The monoisotopic (exact) mass is 251 g/mol. The van der Waals surface area contributed by atoms with E-state index in [9.17, 15) is 14.7 Å². The average Bonchev–Trinajstić information content (AvgIpc) is 2.38. The third-order valence-corrected chi connectivity index (χ3v) is 2.71. The largest absolute Gasteiger partial charge is 0.505 e. The minimum Gasteiger partial charge on any atom is -0.505 e. The molecular formula is C11H13N3O4. The summed E-state index contributed by atoms with van der Waals surface area (Å²) >= 11 is 0. The first-order valence-electron chi connectivity index (χ1n) is 5.43. The Balaban J connectivity index is 2.27. The van der Waals surface area contributed by atoms with E-state index in [-0.39, 0.29) is 24.6 Å². The van der Waals surface area contributed by atoms with Gasteiger partial charge in [-0.3, -0.25) is 9.59 Å². The molecule has 0 bridgehead atoms. The summed E-state index contributed by atoms with van der Waals surface area (Å²) in [6.07, 6.45) is 1.40. The average molecular weight is 251 g/mol. The van der Waals surface area contributed by atoms with Crippen molar-refractivity contribution in [3.8, 4) is 5.75 Å². The van der Waals surface area contributed by atoms with Gasteiger partial charge in [-0.1, -0.05) is 0 Å². The van der Waals surface area contributed by atoms with Crippen LogP contribution in [0.2, 0.25) is 0 Å². The van der Waals surface area contributed by atoms with Gasteiger partial charge in [-0.2, -0.15) is 0 Å². The molecule has 0 saturated carbocycles. The fourth-order valence-corrected chi connectivity index (χ4v) is 1.78. The molecule has 1 aliphatic heterocycles. The Morgan fingerprint density at radius 1 is 1.56 bits per heavy atom. The van der Waals surface area contributed by atoms with E-state index < -0.39 is 17.9 Å². The van der Waals surface area contributed by atoms with Gasteiger partial charge in [-0.25, -0.2) is 4.98 Å². The lowest BCUT2D eigenvalue weighted by atomic mass is 10.2. The van der Waals surface area contributed by atoms with Crippen molar-refractivity contribution in [3.05, 3.63) is 24.0 Å². The van der Waals surface area contributed by atoms with Gasteiger partial charge < -0.3 is 20.5 Å². The second-order valence-corrected chi connectivity index (χ2v) is 3.86. The number of rotatable bonds is 2. The number of morpholine rings is 1. The van der Waals surface area contributed by atoms with Crippen LogP contribution in [-0.2, 0) is 9.53 Å². The number of pyridine rings is 1. The highest BCUT2D eigenvalue weighted by atomic mass is 16.5. The van der Waals surface area contributed by atoms with Crippen LogP contribution >= 0.6 is 0 Å². The first-order chi connectivity index (χ1) is 8.61. The number of amides is 2. The Morgan fingerprint density at radius 2 is 2.33 bits per heavy atom. The number of carbonyl (C=O) groups is 2. The lowest BCUT2D eigenvalue weighted by Gasteiger charge is -2.33. The van der Waals surface area contributed by atoms with Gasteiger partial charge in [0.1, 0.15) is 11.8 Å². The standard InChI is InChI=1S/C11H13N3O4/c12-10(16)7-6-18-5-4-14(7)11(17)9-8(15)2-1-3-13-9/h1-3,7,15H,4-6H2,(H2,12,16). The topological polar surface area (TPSA) is 106 Å². The number of hydrogen-bond donors (Lipinski definition) is 2. The SMILES string of the molecule is NC(=O)C1COCCN1C(=O)c1ncccc1O. The van der Waals surface area contributed by atoms with E-state index in [0.717, 1.165) is 0 Å². The number of ether oxygens (including phenoxy) is 1. The predicted octanol–water partition coefficient (Wildman–Crippen LogP) is -0.886. The van der Waals surface area contributed by atoms with Gasteiger partial charge in [-0.15, -0.1) is 0 Å². The lowest BCUT2D eigenvalue weighted by Crippen LogP contribution is -2.54. The molecule has 7 nitrogen and oxygen atoms in total.